The molecule has 10 heavy (non-hydrogen) atoms. The standard InChI is InChI=1S/C5H10N4O/c1-3-5(2,4(6)10)8-9-7/h3H2,1-2H3,(H2,6,10). The van der Waals surface area contributed by atoms with Gasteiger partial charge in [-0.25, -0.2) is 0 Å². The normalized spacial score (nSPS) is 15.0. The highest BCUT2D eigenvalue weighted by Crippen LogP contribution is 2.13. The van der Waals surface area contributed by atoms with Crippen LogP contribution in [0.1, 0.15) is 20.3 Å². The molecule has 2 N–H and O–H groups in total. The van der Waals surface area contributed by atoms with Crippen LogP contribution in [0.4, 0.5) is 0 Å². The summed E-state index contributed by atoms with van der Waals surface area (Å²) in [5.74, 6) is -0.590. The molecule has 0 rings (SSSR count). The molecule has 5 heteroatoms. The Morgan fingerprint density at radius 2 is 2.40 bits per heavy atom. The Balaban J connectivity index is 4.54. The maximum absolute atomic E-state index is 10.6. The SMILES string of the molecule is CCC(C)(N=[N+]=[N-])C(N)=O. The number of nitrogens with zero attached hydrogens (tertiary/aromatic N) is 3. The number of nitrogens with two attached hydrogens (primary N) is 1. The van der Waals surface area contributed by atoms with Gasteiger partial charge in [-0.2, -0.15) is 0 Å². The van der Waals surface area contributed by atoms with E-state index in [0.29, 0.717) is 6.42 Å². The van der Waals surface area contributed by atoms with E-state index in [4.69, 9.17) is 11.3 Å². The van der Waals surface area contributed by atoms with Crippen molar-refractivity contribution in [3.8, 4) is 0 Å². The highest BCUT2D eigenvalue weighted by atomic mass is 16.1. The molecular formula is C5H10N4O. The molecule has 56 valence electrons. The lowest BCUT2D eigenvalue weighted by molar-refractivity contribution is -0.122. The summed E-state index contributed by atoms with van der Waals surface area (Å²) >= 11 is 0. The average molecular weight is 142 g/mol. The van der Waals surface area contributed by atoms with Crippen LogP contribution in [0.2, 0.25) is 0 Å². The summed E-state index contributed by atoms with van der Waals surface area (Å²) in [6.07, 6.45) is 0.423. The highest BCUT2D eigenvalue weighted by Gasteiger charge is 2.26. The zero-order chi connectivity index (χ0) is 8.20. The van der Waals surface area contributed by atoms with Gasteiger partial charge in [0, 0.05) is 4.91 Å². The Labute approximate surface area is 58.8 Å². The summed E-state index contributed by atoms with van der Waals surface area (Å²) in [4.78, 5) is 13.1. The molecule has 1 unspecified atom stereocenters. The zero-order valence-corrected chi connectivity index (χ0v) is 6.03. The van der Waals surface area contributed by atoms with E-state index < -0.39 is 11.4 Å². The van der Waals surface area contributed by atoms with E-state index in [9.17, 15) is 4.79 Å². The van der Waals surface area contributed by atoms with Crippen molar-refractivity contribution in [3.63, 3.8) is 0 Å². The van der Waals surface area contributed by atoms with Gasteiger partial charge in [-0.1, -0.05) is 12.0 Å². The molecule has 0 aromatic rings. The smallest absolute Gasteiger partial charge is 0.229 e. The Bertz CT molecular complexity index is 180. The molecule has 1 amide bonds. The van der Waals surface area contributed by atoms with Gasteiger partial charge >= 0.3 is 0 Å². The Morgan fingerprint density at radius 1 is 1.90 bits per heavy atom. The van der Waals surface area contributed by atoms with Gasteiger partial charge in [0.2, 0.25) is 5.91 Å². The third kappa shape index (κ3) is 1.63. The second kappa shape index (κ2) is 3.08. The summed E-state index contributed by atoms with van der Waals surface area (Å²) in [5, 5.41) is 3.28. The van der Waals surface area contributed by atoms with Crippen molar-refractivity contribution in [1.29, 1.82) is 0 Å². The van der Waals surface area contributed by atoms with Crippen molar-refractivity contribution in [2.45, 2.75) is 25.8 Å². The van der Waals surface area contributed by atoms with Crippen molar-refractivity contribution < 1.29 is 4.79 Å². The van der Waals surface area contributed by atoms with Gasteiger partial charge in [-0.15, -0.1) is 0 Å². The van der Waals surface area contributed by atoms with Crippen molar-refractivity contribution in [3.05, 3.63) is 10.4 Å². The molecule has 0 aromatic heterocycles. The van der Waals surface area contributed by atoms with Crippen LogP contribution in [-0.4, -0.2) is 11.4 Å². The minimum atomic E-state index is -1.06. The fourth-order valence-electron chi connectivity index (χ4n) is 0.393. The van der Waals surface area contributed by atoms with E-state index in [0.717, 1.165) is 0 Å². The third-order valence-electron chi connectivity index (χ3n) is 1.48. The molecule has 0 radical (unpaired) electrons. The lowest BCUT2D eigenvalue weighted by Gasteiger charge is -2.15. The lowest BCUT2D eigenvalue weighted by Crippen LogP contribution is -2.38. The molecule has 0 aliphatic heterocycles. The van der Waals surface area contributed by atoms with Crippen LogP contribution in [0.5, 0.6) is 0 Å². The van der Waals surface area contributed by atoms with Crippen molar-refractivity contribution in [2.24, 2.45) is 10.8 Å². The largest absolute Gasteiger partial charge is 0.369 e. The van der Waals surface area contributed by atoms with E-state index in [1.54, 1.807) is 6.92 Å². The van der Waals surface area contributed by atoms with E-state index in [2.05, 4.69) is 10.0 Å². The predicted octanol–water partition coefficient (Wildman–Crippen LogP) is 0.951. The van der Waals surface area contributed by atoms with Crippen molar-refractivity contribution >= 4 is 5.91 Å². The first-order valence-electron chi connectivity index (χ1n) is 2.93. The number of rotatable bonds is 3. The Hall–Kier alpha value is -1.22. The first kappa shape index (κ1) is 8.78. The summed E-state index contributed by atoms with van der Waals surface area (Å²) < 4.78 is 0. The maximum Gasteiger partial charge on any atom is 0.229 e. The van der Waals surface area contributed by atoms with Gasteiger partial charge in [0.15, 0.2) is 0 Å². The van der Waals surface area contributed by atoms with Gasteiger partial charge < -0.3 is 5.73 Å². The van der Waals surface area contributed by atoms with Crippen LogP contribution in [0.15, 0.2) is 5.11 Å². The average Bonchev–Trinajstić information content (AvgIpc) is 1.88. The van der Waals surface area contributed by atoms with Gasteiger partial charge in [-0.05, 0) is 18.9 Å². The van der Waals surface area contributed by atoms with Crippen LogP contribution in [-0.2, 0) is 4.79 Å². The number of primary amides is 1. The lowest BCUT2D eigenvalue weighted by atomic mass is 10.0. The van der Waals surface area contributed by atoms with Crippen molar-refractivity contribution in [1.82, 2.24) is 0 Å². The fourth-order valence-corrected chi connectivity index (χ4v) is 0.393. The second-order valence-corrected chi connectivity index (χ2v) is 2.18. The van der Waals surface area contributed by atoms with E-state index >= 15 is 0 Å². The molecule has 0 spiro atoms. The fraction of sp³-hybridized carbons (Fsp3) is 0.800. The first-order valence-corrected chi connectivity index (χ1v) is 2.93. The van der Waals surface area contributed by atoms with E-state index in [1.165, 1.54) is 6.92 Å². The van der Waals surface area contributed by atoms with Gasteiger partial charge in [0.05, 0.1) is 0 Å². The molecule has 0 saturated carbocycles. The minimum absolute atomic E-state index is 0.423. The van der Waals surface area contributed by atoms with E-state index in [1.807, 2.05) is 0 Å². The quantitative estimate of drug-likeness (QED) is 0.354. The van der Waals surface area contributed by atoms with Crippen LogP contribution in [0, 0.1) is 0 Å². The molecule has 0 heterocycles. The van der Waals surface area contributed by atoms with Gasteiger partial charge in [-0.3, -0.25) is 4.79 Å². The first-order chi connectivity index (χ1) is 4.56. The Kier molecular flexibility index (Phi) is 2.70. The molecule has 0 aliphatic rings. The van der Waals surface area contributed by atoms with Gasteiger partial charge in [0.1, 0.15) is 5.54 Å². The number of amides is 1. The topological polar surface area (TPSA) is 91.8 Å². The highest BCUT2D eigenvalue weighted by molar-refractivity contribution is 5.84. The molecular weight excluding hydrogens is 132 g/mol. The zero-order valence-electron chi connectivity index (χ0n) is 6.03. The molecule has 0 bridgehead atoms. The van der Waals surface area contributed by atoms with Crippen molar-refractivity contribution in [2.75, 3.05) is 0 Å². The molecule has 0 saturated heterocycles. The predicted molar refractivity (Wildman–Crippen MR) is 37.0 cm³/mol. The van der Waals surface area contributed by atoms with E-state index in [-0.39, 0.29) is 0 Å². The minimum Gasteiger partial charge on any atom is -0.369 e. The summed E-state index contributed by atoms with van der Waals surface area (Å²) in [6, 6.07) is 0. The second-order valence-electron chi connectivity index (χ2n) is 2.18. The van der Waals surface area contributed by atoms with Crippen LogP contribution >= 0.6 is 0 Å². The van der Waals surface area contributed by atoms with Crippen LogP contribution < -0.4 is 5.73 Å². The molecule has 5 nitrogen and oxygen atoms in total. The maximum atomic E-state index is 10.6. The molecule has 0 aliphatic carbocycles. The third-order valence-corrected chi connectivity index (χ3v) is 1.48. The number of hydrogen-bond donors (Lipinski definition) is 1. The number of azide groups is 1. The number of hydrogen-bond acceptors (Lipinski definition) is 2. The summed E-state index contributed by atoms with van der Waals surface area (Å²) in [7, 11) is 0. The molecule has 0 fully saturated rings. The molecule has 1 atom stereocenters. The number of carbonyl (C=O) groups excluding carboxylic acids is 1. The number of carbonyl (C=O) groups is 1. The molecule has 0 aromatic carbocycles. The van der Waals surface area contributed by atoms with Crippen LogP contribution in [0.3, 0.4) is 0 Å². The van der Waals surface area contributed by atoms with Crippen LogP contribution in [0.25, 0.3) is 10.4 Å². The van der Waals surface area contributed by atoms with Gasteiger partial charge in [0.25, 0.3) is 0 Å². The summed E-state index contributed by atoms with van der Waals surface area (Å²) in [5.41, 5.74) is 11.9. The summed E-state index contributed by atoms with van der Waals surface area (Å²) in [6.45, 7) is 3.24. The monoisotopic (exact) mass is 142 g/mol. The Morgan fingerprint density at radius 3 is 2.50 bits per heavy atom.